The Balaban J connectivity index is 1.63. The second-order valence-electron chi connectivity index (χ2n) is 6.08. The number of aryl methyl sites for hydroxylation is 1. The molecule has 28 heavy (non-hydrogen) atoms. The van der Waals surface area contributed by atoms with Gasteiger partial charge in [-0.25, -0.2) is 9.37 Å². The van der Waals surface area contributed by atoms with Crippen LogP contribution >= 0.6 is 23.1 Å². The second-order valence-corrected chi connectivity index (χ2v) is 8.42. The summed E-state index contributed by atoms with van der Waals surface area (Å²) in [5, 5.41) is 7.80. The molecular formula is C20H17FN4OS2. The molecule has 0 unspecified atom stereocenters. The molecule has 0 bridgehead atoms. The van der Waals surface area contributed by atoms with E-state index in [0.717, 1.165) is 21.0 Å². The van der Waals surface area contributed by atoms with Crippen LogP contribution in [0.4, 0.5) is 10.2 Å². The highest BCUT2D eigenvalue weighted by Crippen LogP contribution is 2.29. The minimum atomic E-state index is -0.375. The Morgan fingerprint density at radius 3 is 2.75 bits per heavy atom. The third kappa shape index (κ3) is 3.65. The zero-order valence-corrected chi connectivity index (χ0v) is 16.9. The minimum absolute atomic E-state index is 0.235. The third-order valence-electron chi connectivity index (χ3n) is 4.04. The number of hydrogen-bond acceptors (Lipinski definition) is 5. The van der Waals surface area contributed by atoms with Gasteiger partial charge in [0.05, 0.1) is 10.4 Å². The number of halogens is 1. The van der Waals surface area contributed by atoms with E-state index in [1.165, 1.54) is 17.4 Å². The van der Waals surface area contributed by atoms with Gasteiger partial charge in [-0.2, -0.15) is 9.78 Å². The molecule has 142 valence electrons. The topological polar surface area (TPSA) is 59.8 Å². The normalized spacial score (nSPS) is 11.1. The van der Waals surface area contributed by atoms with Crippen molar-refractivity contribution in [3.05, 3.63) is 65.6 Å². The first-order chi connectivity index (χ1) is 13.5. The van der Waals surface area contributed by atoms with Crippen LogP contribution in [0.5, 0.6) is 0 Å². The molecule has 0 saturated carbocycles. The fraction of sp³-hybridized carbons (Fsp3) is 0.150. The van der Waals surface area contributed by atoms with Crippen LogP contribution in [-0.2, 0) is 0 Å². The lowest BCUT2D eigenvalue weighted by Gasteiger charge is -2.07. The number of carbonyl (C=O) groups excluding carboxylic acids is 1. The van der Waals surface area contributed by atoms with Crippen LogP contribution < -0.4 is 5.32 Å². The number of fused-ring (bicyclic) bond motifs is 1. The number of thioether (sulfide) groups is 1. The summed E-state index contributed by atoms with van der Waals surface area (Å²) in [7, 11) is 0. The summed E-state index contributed by atoms with van der Waals surface area (Å²) in [4.78, 5) is 18.1. The highest BCUT2D eigenvalue weighted by atomic mass is 32.2. The smallest absolute Gasteiger partial charge is 0.256 e. The summed E-state index contributed by atoms with van der Waals surface area (Å²) in [5.41, 5.74) is 1.59. The number of aromatic nitrogens is 3. The molecule has 0 saturated heterocycles. The Hall–Kier alpha value is -2.71. The molecular weight excluding hydrogens is 395 g/mol. The highest BCUT2D eigenvalue weighted by molar-refractivity contribution is 7.99. The van der Waals surface area contributed by atoms with Gasteiger partial charge >= 0.3 is 0 Å². The standard InChI is InChI=1S/C20H17FN4OS2/c1-3-27-14-9-7-13(8-10-14)19(26)22-17-11-12(2)24-25(17)20-23-18-15(21)5-4-6-16(18)28-20/h4-11H,3H2,1-2H3,(H,22,26). The summed E-state index contributed by atoms with van der Waals surface area (Å²) in [5.74, 6) is 0.863. The van der Waals surface area contributed by atoms with Gasteiger partial charge in [0.2, 0.25) is 5.13 Å². The fourth-order valence-corrected chi connectivity index (χ4v) is 4.39. The van der Waals surface area contributed by atoms with Gasteiger partial charge in [-0.1, -0.05) is 24.3 Å². The van der Waals surface area contributed by atoms with E-state index < -0.39 is 0 Å². The van der Waals surface area contributed by atoms with Crippen molar-refractivity contribution in [2.24, 2.45) is 0 Å². The van der Waals surface area contributed by atoms with Crippen LogP contribution in [0.1, 0.15) is 23.0 Å². The molecule has 5 nitrogen and oxygen atoms in total. The van der Waals surface area contributed by atoms with Crippen LogP contribution in [0.25, 0.3) is 15.3 Å². The van der Waals surface area contributed by atoms with E-state index in [1.54, 1.807) is 40.7 Å². The molecule has 2 heterocycles. The molecule has 0 aliphatic carbocycles. The van der Waals surface area contributed by atoms with Crippen molar-refractivity contribution in [1.29, 1.82) is 0 Å². The van der Waals surface area contributed by atoms with Crippen molar-refractivity contribution >= 4 is 45.0 Å². The Kier molecular flexibility index (Phi) is 5.15. The first-order valence-electron chi connectivity index (χ1n) is 8.71. The molecule has 0 spiro atoms. The minimum Gasteiger partial charge on any atom is -0.306 e. The van der Waals surface area contributed by atoms with E-state index in [4.69, 9.17) is 0 Å². The third-order valence-corrected chi connectivity index (χ3v) is 5.93. The maximum Gasteiger partial charge on any atom is 0.256 e. The SMILES string of the molecule is CCSc1ccc(C(=O)Nc2cc(C)nn2-c2nc3c(F)cccc3s2)cc1. The van der Waals surface area contributed by atoms with E-state index in [-0.39, 0.29) is 11.7 Å². The summed E-state index contributed by atoms with van der Waals surface area (Å²) in [6.45, 7) is 3.92. The van der Waals surface area contributed by atoms with Crippen molar-refractivity contribution in [2.75, 3.05) is 11.1 Å². The summed E-state index contributed by atoms with van der Waals surface area (Å²) >= 11 is 3.04. The van der Waals surface area contributed by atoms with Crippen molar-refractivity contribution in [3.63, 3.8) is 0 Å². The van der Waals surface area contributed by atoms with E-state index in [0.29, 0.717) is 22.0 Å². The van der Waals surface area contributed by atoms with E-state index >= 15 is 0 Å². The maximum atomic E-state index is 14.0. The maximum absolute atomic E-state index is 14.0. The lowest BCUT2D eigenvalue weighted by atomic mass is 10.2. The molecule has 0 atom stereocenters. The molecule has 0 aliphatic rings. The molecule has 2 aromatic carbocycles. The summed E-state index contributed by atoms with van der Waals surface area (Å²) in [6.07, 6.45) is 0. The van der Waals surface area contributed by atoms with E-state index in [2.05, 4.69) is 22.3 Å². The second kappa shape index (κ2) is 7.73. The fourth-order valence-electron chi connectivity index (χ4n) is 2.79. The average Bonchev–Trinajstić information content (AvgIpc) is 3.26. The zero-order chi connectivity index (χ0) is 19.7. The van der Waals surface area contributed by atoms with Crippen LogP contribution in [0, 0.1) is 12.7 Å². The molecule has 1 amide bonds. The number of amides is 1. The van der Waals surface area contributed by atoms with Gasteiger partial charge in [-0.15, -0.1) is 11.8 Å². The quantitative estimate of drug-likeness (QED) is 0.452. The van der Waals surface area contributed by atoms with Crippen LogP contribution in [-0.4, -0.2) is 26.4 Å². The number of anilines is 1. The van der Waals surface area contributed by atoms with E-state index in [1.807, 2.05) is 25.1 Å². The van der Waals surface area contributed by atoms with Crippen LogP contribution in [0.15, 0.2) is 53.4 Å². The van der Waals surface area contributed by atoms with Crippen molar-refractivity contribution in [1.82, 2.24) is 14.8 Å². The summed E-state index contributed by atoms with van der Waals surface area (Å²) < 4.78 is 16.2. The Bertz CT molecular complexity index is 1150. The summed E-state index contributed by atoms with van der Waals surface area (Å²) in [6, 6.07) is 14.1. The van der Waals surface area contributed by atoms with Gasteiger partial charge < -0.3 is 5.32 Å². The monoisotopic (exact) mass is 412 g/mol. The number of thiazole rings is 1. The Labute approximate surface area is 169 Å². The Morgan fingerprint density at radius 2 is 2.04 bits per heavy atom. The van der Waals surface area contributed by atoms with Crippen LogP contribution in [0.3, 0.4) is 0 Å². The van der Waals surface area contributed by atoms with Crippen molar-refractivity contribution in [2.45, 2.75) is 18.7 Å². The average molecular weight is 413 g/mol. The number of rotatable bonds is 5. The van der Waals surface area contributed by atoms with Crippen molar-refractivity contribution in [3.8, 4) is 5.13 Å². The lowest BCUT2D eigenvalue weighted by molar-refractivity contribution is 0.102. The van der Waals surface area contributed by atoms with Crippen LogP contribution in [0.2, 0.25) is 0 Å². The zero-order valence-electron chi connectivity index (χ0n) is 15.3. The molecule has 0 radical (unpaired) electrons. The molecule has 1 N–H and O–H groups in total. The molecule has 0 fully saturated rings. The van der Waals surface area contributed by atoms with Gasteiger partial charge in [0.1, 0.15) is 17.2 Å². The predicted molar refractivity (Wildman–Crippen MR) is 112 cm³/mol. The highest BCUT2D eigenvalue weighted by Gasteiger charge is 2.16. The van der Waals surface area contributed by atoms with Gasteiger partial charge in [0.25, 0.3) is 5.91 Å². The Morgan fingerprint density at radius 1 is 1.25 bits per heavy atom. The van der Waals surface area contributed by atoms with Gasteiger partial charge in [-0.05, 0) is 49.1 Å². The predicted octanol–water partition coefficient (Wildman–Crippen LogP) is 5.29. The molecule has 2 aromatic heterocycles. The largest absolute Gasteiger partial charge is 0.306 e. The number of carbonyl (C=O) groups is 1. The molecule has 4 aromatic rings. The number of nitrogens with one attached hydrogen (secondary N) is 1. The number of nitrogens with zero attached hydrogens (tertiary/aromatic N) is 3. The number of benzene rings is 2. The van der Waals surface area contributed by atoms with Gasteiger partial charge in [0.15, 0.2) is 0 Å². The molecule has 0 aliphatic heterocycles. The molecule has 4 rings (SSSR count). The lowest BCUT2D eigenvalue weighted by Crippen LogP contribution is -2.15. The van der Waals surface area contributed by atoms with Gasteiger partial charge in [-0.3, -0.25) is 4.79 Å². The number of hydrogen-bond donors (Lipinski definition) is 1. The van der Waals surface area contributed by atoms with Crippen molar-refractivity contribution < 1.29 is 9.18 Å². The first kappa shape index (κ1) is 18.6. The first-order valence-corrected chi connectivity index (χ1v) is 10.5. The van der Waals surface area contributed by atoms with E-state index in [9.17, 15) is 9.18 Å². The van der Waals surface area contributed by atoms with Gasteiger partial charge in [0, 0.05) is 16.5 Å². The number of para-hydroxylation sites is 1. The molecule has 8 heteroatoms.